The molecule has 0 fully saturated rings. The molecule has 0 saturated carbocycles. The second-order valence-electron chi connectivity index (χ2n) is 3.78. The maximum atomic E-state index is 11.5. The first-order valence-electron chi connectivity index (χ1n) is 5.06. The van der Waals surface area contributed by atoms with Gasteiger partial charge in [0.15, 0.2) is 0 Å². The van der Waals surface area contributed by atoms with Crippen molar-refractivity contribution in [1.82, 2.24) is 0 Å². The molecule has 0 aliphatic carbocycles. The van der Waals surface area contributed by atoms with Crippen molar-refractivity contribution in [2.75, 3.05) is 11.1 Å². The van der Waals surface area contributed by atoms with Crippen molar-refractivity contribution >= 4 is 23.4 Å². The number of benzene rings is 1. The Morgan fingerprint density at radius 3 is 2.80 bits per heavy atom. The molecule has 0 spiro atoms. The summed E-state index contributed by atoms with van der Waals surface area (Å²) in [5, 5.41) is 3.37. The molecule has 0 radical (unpaired) electrons. The zero-order valence-electron chi connectivity index (χ0n) is 9.41. The Hall–Kier alpha value is -0.960. The third-order valence-corrected chi connectivity index (χ3v) is 2.95. The summed E-state index contributed by atoms with van der Waals surface area (Å²) in [5.41, 5.74) is 2.04. The van der Waals surface area contributed by atoms with E-state index >= 15 is 0 Å². The van der Waals surface area contributed by atoms with E-state index in [9.17, 15) is 4.79 Å². The largest absolute Gasteiger partial charge is 0.325 e. The maximum Gasteiger partial charge on any atom is 0.234 e. The molecule has 1 N–H and O–H groups in total. The van der Waals surface area contributed by atoms with E-state index in [1.165, 1.54) is 0 Å². The Bertz CT molecular complexity index is 336. The van der Waals surface area contributed by atoms with E-state index in [4.69, 9.17) is 0 Å². The number of amides is 1. The van der Waals surface area contributed by atoms with Crippen molar-refractivity contribution in [1.29, 1.82) is 0 Å². The van der Waals surface area contributed by atoms with Gasteiger partial charge in [-0.15, -0.1) is 11.8 Å². The maximum absolute atomic E-state index is 11.5. The van der Waals surface area contributed by atoms with Crippen molar-refractivity contribution < 1.29 is 4.79 Å². The van der Waals surface area contributed by atoms with Gasteiger partial charge in [-0.3, -0.25) is 4.79 Å². The summed E-state index contributed by atoms with van der Waals surface area (Å²) in [5.74, 6) is 0.588. The summed E-state index contributed by atoms with van der Waals surface area (Å²) in [6.07, 6.45) is 0. The number of thioether (sulfide) groups is 1. The van der Waals surface area contributed by atoms with Gasteiger partial charge in [-0.25, -0.2) is 0 Å². The molecule has 2 nitrogen and oxygen atoms in total. The molecular weight excluding hydrogens is 206 g/mol. The summed E-state index contributed by atoms with van der Waals surface area (Å²) < 4.78 is 0. The van der Waals surface area contributed by atoms with Gasteiger partial charge in [-0.05, 0) is 29.9 Å². The molecule has 1 aromatic rings. The third-order valence-electron chi connectivity index (χ3n) is 1.85. The van der Waals surface area contributed by atoms with Crippen LogP contribution in [0.25, 0.3) is 0 Å². The number of rotatable bonds is 4. The van der Waals surface area contributed by atoms with Crippen LogP contribution >= 0.6 is 11.8 Å². The lowest BCUT2D eigenvalue weighted by Gasteiger charge is -2.07. The van der Waals surface area contributed by atoms with Crippen LogP contribution in [0.2, 0.25) is 0 Å². The van der Waals surface area contributed by atoms with Crippen LogP contribution in [-0.4, -0.2) is 16.9 Å². The predicted octanol–water partition coefficient (Wildman–Crippen LogP) is 3.08. The molecule has 0 aliphatic rings. The summed E-state index contributed by atoms with van der Waals surface area (Å²) >= 11 is 1.65. The molecule has 1 rings (SSSR count). The molecule has 1 aromatic carbocycles. The van der Waals surface area contributed by atoms with E-state index < -0.39 is 0 Å². The van der Waals surface area contributed by atoms with Gasteiger partial charge >= 0.3 is 0 Å². The van der Waals surface area contributed by atoms with Crippen molar-refractivity contribution in [3.63, 3.8) is 0 Å². The molecular formula is C12H17NOS. The molecule has 0 bridgehead atoms. The van der Waals surface area contributed by atoms with E-state index in [0.717, 1.165) is 11.3 Å². The smallest absolute Gasteiger partial charge is 0.234 e. The number of aryl methyl sites for hydroxylation is 1. The van der Waals surface area contributed by atoms with Gasteiger partial charge in [0.25, 0.3) is 0 Å². The first-order chi connectivity index (χ1) is 7.08. The van der Waals surface area contributed by atoms with Crippen LogP contribution in [0.1, 0.15) is 19.4 Å². The fourth-order valence-electron chi connectivity index (χ4n) is 1.16. The van der Waals surface area contributed by atoms with E-state index in [1.54, 1.807) is 11.8 Å². The minimum absolute atomic E-state index is 0.0688. The lowest BCUT2D eigenvalue weighted by molar-refractivity contribution is -0.113. The Kier molecular flexibility index (Phi) is 4.69. The van der Waals surface area contributed by atoms with Crippen LogP contribution < -0.4 is 5.32 Å². The van der Waals surface area contributed by atoms with Gasteiger partial charge in [0.05, 0.1) is 5.75 Å². The van der Waals surface area contributed by atoms with Crippen LogP contribution in [0.15, 0.2) is 24.3 Å². The quantitative estimate of drug-likeness (QED) is 0.850. The standard InChI is InChI=1S/C12H17NOS/c1-9(2)15-8-12(14)13-11-6-4-5-10(3)7-11/h4-7,9H,8H2,1-3H3,(H,13,14). The first kappa shape index (κ1) is 12.1. The number of hydrogen-bond acceptors (Lipinski definition) is 2. The highest BCUT2D eigenvalue weighted by Crippen LogP contribution is 2.12. The number of carbonyl (C=O) groups is 1. The molecule has 1 amide bonds. The molecule has 3 heteroatoms. The van der Waals surface area contributed by atoms with Gasteiger partial charge in [0.1, 0.15) is 0 Å². The molecule has 0 atom stereocenters. The third kappa shape index (κ3) is 4.88. The second kappa shape index (κ2) is 5.81. The summed E-state index contributed by atoms with van der Waals surface area (Å²) in [4.78, 5) is 11.5. The van der Waals surface area contributed by atoms with Crippen molar-refractivity contribution in [3.05, 3.63) is 29.8 Å². The zero-order valence-corrected chi connectivity index (χ0v) is 10.2. The number of hydrogen-bond donors (Lipinski definition) is 1. The SMILES string of the molecule is Cc1cccc(NC(=O)CSC(C)C)c1. The second-order valence-corrected chi connectivity index (χ2v) is 5.34. The summed E-state index contributed by atoms with van der Waals surface area (Å²) in [6.45, 7) is 6.19. The molecule has 0 aliphatic heterocycles. The Morgan fingerprint density at radius 2 is 2.20 bits per heavy atom. The molecule has 0 saturated heterocycles. The molecule has 82 valence electrons. The van der Waals surface area contributed by atoms with Gasteiger partial charge in [-0.1, -0.05) is 26.0 Å². The minimum Gasteiger partial charge on any atom is -0.325 e. The summed E-state index contributed by atoms with van der Waals surface area (Å²) in [7, 11) is 0. The minimum atomic E-state index is 0.0688. The predicted molar refractivity (Wildman–Crippen MR) is 67.4 cm³/mol. The normalized spacial score (nSPS) is 10.4. The average Bonchev–Trinajstić information content (AvgIpc) is 2.15. The van der Waals surface area contributed by atoms with Crippen LogP contribution in [0, 0.1) is 6.92 Å². The van der Waals surface area contributed by atoms with Crippen molar-refractivity contribution in [2.24, 2.45) is 0 Å². The fraction of sp³-hybridized carbons (Fsp3) is 0.417. The van der Waals surface area contributed by atoms with E-state index in [2.05, 4.69) is 19.2 Å². The fourth-order valence-corrected chi connectivity index (χ4v) is 1.72. The lowest BCUT2D eigenvalue weighted by Crippen LogP contribution is -2.15. The number of nitrogens with one attached hydrogen (secondary N) is 1. The summed E-state index contributed by atoms with van der Waals surface area (Å²) in [6, 6.07) is 7.84. The first-order valence-corrected chi connectivity index (χ1v) is 6.11. The Labute approximate surface area is 95.5 Å². The molecule has 15 heavy (non-hydrogen) atoms. The van der Waals surface area contributed by atoms with E-state index in [1.807, 2.05) is 31.2 Å². The Morgan fingerprint density at radius 1 is 1.47 bits per heavy atom. The van der Waals surface area contributed by atoms with Crippen molar-refractivity contribution in [3.8, 4) is 0 Å². The van der Waals surface area contributed by atoms with Crippen molar-refractivity contribution in [2.45, 2.75) is 26.0 Å². The molecule has 0 unspecified atom stereocenters. The number of anilines is 1. The van der Waals surface area contributed by atoms with Crippen LogP contribution in [0.3, 0.4) is 0 Å². The van der Waals surface area contributed by atoms with Gasteiger partial charge < -0.3 is 5.32 Å². The van der Waals surface area contributed by atoms with E-state index in [-0.39, 0.29) is 5.91 Å². The molecule has 0 heterocycles. The lowest BCUT2D eigenvalue weighted by atomic mass is 10.2. The van der Waals surface area contributed by atoms with Gasteiger partial charge in [0.2, 0.25) is 5.91 Å². The molecule has 0 aromatic heterocycles. The van der Waals surface area contributed by atoms with Crippen LogP contribution in [0.5, 0.6) is 0 Å². The highest BCUT2D eigenvalue weighted by Gasteiger charge is 2.03. The van der Waals surface area contributed by atoms with Crippen LogP contribution in [-0.2, 0) is 4.79 Å². The zero-order chi connectivity index (χ0) is 11.3. The average molecular weight is 223 g/mol. The highest BCUT2D eigenvalue weighted by molar-refractivity contribution is 8.00. The monoisotopic (exact) mass is 223 g/mol. The topological polar surface area (TPSA) is 29.1 Å². The Balaban J connectivity index is 2.44. The van der Waals surface area contributed by atoms with Gasteiger partial charge in [-0.2, -0.15) is 0 Å². The van der Waals surface area contributed by atoms with E-state index in [0.29, 0.717) is 11.0 Å². The number of carbonyl (C=O) groups excluding carboxylic acids is 1. The highest BCUT2D eigenvalue weighted by atomic mass is 32.2. The van der Waals surface area contributed by atoms with Crippen LogP contribution in [0.4, 0.5) is 5.69 Å². The van der Waals surface area contributed by atoms with Gasteiger partial charge in [0, 0.05) is 5.69 Å².